The van der Waals surface area contributed by atoms with E-state index in [2.05, 4.69) is 20.6 Å². The van der Waals surface area contributed by atoms with Crippen LogP contribution in [-0.4, -0.2) is 31.9 Å². The van der Waals surface area contributed by atoms with Crippen molar-refractivity contribution in [3.63, 3.8) is 0 Å². The highest BCUT2D eigenvalue weighted by molar-refractivity contribution is 5.94. The van der Waals surface area contributed by atoms with Gasteiger partial charge in [-0.2, -0.15) is 10.1 Å². The molecule has 0 spiro atoms. The molecular weight excluding hydrogens is 310 g/mol. The zero-order valence-electron chi connectivity index (χ0n) is 14.5. The fourth-order valence-electron chi connectivity index (χ4n) is 3.03. The van der Waals surface area contributed by atoms with Gasteiger partial charge in [0.2, 0.25) is 5.89 Å². The van der Waals surface area contributed by atoms with Crippen molar-refractivity contribution in [2.45, 2.75) is 65.8 Å². The predicted octanol–water partition coefficient (Wildman–Crippen LogP) is 1.80. The largest absolute Gasteiger partial charge is 0.369 e. The minimum Gasteiger partial charge on any atom is -0.369 e. The Morgan fingerprint density at radius 1 is 1.38 bits per heavy atom. The number of rotatable bonds is 5. The fraction of sp³-hybridized carbons (Fsp3) is 0.625. The van der Waals surface area contributed by atoms with Crippen LogP contribution in [-0.2, 0) is 30.7 Å². The standard InChI is InChI=1S/C16H23N5O3/c1-5-13-18-12(20-24-13)8-17-16(22)15-11-7-9(3)23-10(4)14(11)19-21(15)6-2/h9-10H,5-8H2,1-4H3,(H,17,22)/t9-,10+/m1/s1. The van der Waals surface area contributed by atoms with Gasteiger partial charge in [-0.3, -0.25) is 9.48 Å². The average molecular weight is 333 g/mol. The van der Waals surface area contributed by atoms with Crippen molar-refractivity contribution in [1.29, 1.82) is 0 Å². The van der Waals surface area contributed by atoms with E-state index in [1.165, 1.54) is 0 Å². The van der Waals surface area contributed by atoms with Gasteiger partial charge in [-0.25, -0.2) is 0 Å². The molecule has 1 N–H and O–H groups in total. The van der Waals surface area contributed by atoms with Crippen LogP contribution in [0.5, 0.6) is 0 Å². The molecule has 0 aromatic carbocycles. The van der Waals surface area contributed by atoms with Gasteiger partial charge in [0.05, 0.1) is 24.4 Å². The molecule has 0 saturated heterocycles. The van der Waals surface area contributed by atoms with Crippen LogP contribution in [0.2, 0.25) is 0 Å². The second kappa shape index (κ2) is 6.72. The molecule has 2 atom stereocenters. The molecule has 2 aromatic heterocycles. The average Bonchev–Trinajstić information content (AvgIpc) is 3.16. The smallest absolute Gasteiger partial charge is 0.270 e. The van der Waals surface area contributed by atoms with Crippen molar-refractivity contribution in [2.75, 3.05) is 0 Å². The quantitative estimate of drug-likeness (QED) is 0.896. The molecule has 0 fully saturated rings. The first-order valence-corrected chi connectivity index (χ1v) is 8.38. The molecule has 1 amide bonds. The lowest BCUT2D eigenvalue weighted by Gasteiger charge is -2.24. The highest BCUT2D eigenvalue weighted by Gasteiger charge is 2.31. The van der Waals surface area contributed by atoms with Crippen molar-refractivity contribution >= 4 is 5.91 Å². The summed E-state index contributed by atoms with van der Waals surface area (Å²) in [5.74, 6) is 0.867. The number of fused-ring (bicyclic) bond motifs is 1. The molecule has 0 saturated carbocycles. The Kier molecular flexibility index (Phi) is 4.66. The highest BCUT2D eigenvalue weighted by atomic mass is 16.5. The Labute approximate surface area is 140 Å². The molecule has 3 heterocycles. The van der Waals surface area contributed by atoms with Gasteiger partial charge in [0.25, 0.3) is 5.91 Å². The van der Waals surface area contributed by atoms with Gasteiger partial charge in [0.1, 0.15) is 5.69 Å². The number of aromatic nitrogens is 4. The number of carbonyl (C=O) groups is 1. The normalized spacial score (nSPS) is 20.0. The van der Waals surface area contributed by atoms with Crippen molar-refractivity contribution < 1.29 is 14.1 Å². The minimum absolute atomic E-state index is 0.0675. The Morgan fingerprint density at radius 2 is 2.17 bits per heavy atom. The summed E-state index contributed by atoms with van der Waals surface area (Å²) in [6.07, 6.45) is 1.32. The summed E-state index contributed by atoms with van der Waals surface area (Å²) in [5, 5.41) is 11.3. The molecule has 8 nitrogen and oxygen atoms in total. The minimum atomic E-state index is -0.172. The molecule has 1 aliphatic heterocycles. The molecule has 2 aromatic rings. The number of nitrogens with zero attached hydrogens (tertiary/aromatic N) is 4. The van der Waals surface area contributed by atoms with Crippen molar-refractivity contribution in [1.82, 2.24) is 25.2 Å². The lowest BCUT2D eigenvalue weighted by atomic mass is 9.99. The van der Waals surface area contributed by atoms with Crippen molar-refractivity contribution in [3.8, 4) is 0 Å². The van der Waals surface area contributed by atoms with Crippen LogP contribution in [0.1, 0.15) is 67.3 Å². The monoisotopic (exact) mass is 333 g/mol. The summed E-state index contributed by atoms with van der Waals surface area (Å²) in [6.45, 7) is 8.74. The molecular formula is C16H23N5O3. The maximum Gasteiger partial charge on any atom is 0.270 e. The number of aryl methyl sites for hydroxylation is 2. The molecule has 0 unspecified atom stereocenters. The van der Waals surface area contributed by atoms with E-state index in [0.29, 0.717) is 36.8 Å². The van der Waals surface area contributed by atoms with Gasteiger partial charge in [-0.15, -0.1) is 0 Å². The third-order valence-electron chi connectivity index (χ3n) is 4.13. The molecule has 130 valence electrons. The lowest BCUT2D eigenvalue weighted by Crippen LogP contribution is -2.29. The van der Waals surface area contributed by atoms with Crippen molar-refractivity contribution in [2.24, 2.45) is 0 Å². The van der Waals surface area contributed by atoms with Crippen LogP contribution >= 0.6 is 0 Å². The highest BCUT2D eigenvalue weighted by Crippen LogP contribution is 2.31. The molecule has 24 heavy (non-hydrogen) atoms. The maximum absolute atomic E-state index is 12.7. The topological polar surface area (TPSA) is 95.1 Å². The Hall–Kier alpha value is -2.22. The van der Waals surface area contributed by atoms with E-state index in [-0.39, 0.29) is 24.7 Å². The number of ether oxygens (including phenoxy) is 1. The number of hydrogen-bond donors (Lipinski definition) is 1. The third kappa shape index (κ3) is 3.06. The van der Waals surface area contributed by atoms with Crippen LogP contribution < -0.4 is 5.32 Å². The van der Waals surface area contributed by atoms with E-state index in [4.69, 9.17) is 9.26 Å². The molecule has 0 bridgehead atoms. The van der Waals surface area contributed by atoms with E-state index in [0.717, 1.165) is 11.3 Å². The number of amides is 1. The Bertz CT molecular complexity index is 736. The maximum atomic E-state index is 12.7. The summed E-state index contributed by atoms with van der Waals surface area (Å²) in [7, 11) is 0. The van der Waals surface area contributed by atoms with Gasteiger partial charge >= 0.3 is 0 Å². The lowest BCUT2D eigenvalue weighted by molar-refractivity contribution is -0.00712. The first-order chi connectivity index (χ1) is 11.5. The zero-order valence-corrected chi connectivity index (χ0v) is 14.5. The second-order valence-corrected chi connectivity index (χ2v) is 5.96. The summed E-state index contributed by atoms with van der Waals surface area (Å²) >= 11 is 0. The van der Waals surface area contributed by atoms with Crippen molar-refractivity contribution in [3.05, 3.63) is 28.7 Å². The molecule has 0 radical (unpaired) electrons. The first kappa shape index (κ1) is 16.6. The predicted molar refractivity (Wildman–Crippen MR) is 85.4 cm³/mol. The fourth-order valence-corrected chi connectivity index (χ4v) is 3.03. The van der Waals surface area contributed by atoms with E-state index in [1.54, 1.807) is 4.68 Å². The van der Waals surface area contributed by atoms with Gasteiger partial charge in [0.15, 0.2) is 5.82 Å². The summed E-state index contributed by atoms with van der Waals surface area (Å²) in [6, 6.07) is 0. The SMILES string of the molecule is CCc1nc(CNC(=O)c2c3c(nn2CC)[C@H](C)O[C@H](C)C3)no1. The van der Waals surface area contributed by atoms with Crippen LogP contribution in [0.3, 0.4) is 0 Å². The summed E-state index contributed by atoms with van der Waals surface area (Å²) < 4.78 is 12.6. The van der Waals surface area contributed by atoms with Crippen LogP contribution in [0.15, 0.2) is 4.52 Å². The van der Waals surface area contributed by atoms with E-state index < -0.39 is 0 Å². The number of carbonyl (C=O) groups excluding carboxylic acids is 1. The van der Waals surface area contributed by atoms with Crippen LogP contribution in [0.4, 0.5) is 0 Å². The first-order valence-electron chi connectivity index (χ1n) is 8.38. The van der Waals surface area contributed by atoms with Gasteiger partial charge in [-0.05, 0) is 20.8 Å². The van der Waals surface area contributed by atoms with E-state index >= 15 is 0 Å². The molecule has 1 aliphatic rings. The number of hydrogen-bond acceptors (Lipinski definition) is 6. The summed E-state index contributed by atoms with van der Waals surface area (Å²) in [4.78, 5) is 16.9. The van der Waals surface area contributed by atoms with Crippen LogP contribution in [0, 0.1) is 0 Å². The number of nitrogens with one attached hydrogen (secondary N) is 1. The molecule has 0 aliphatic carbocycles. The molecule has 8 heteroatoms. The van der Waals surface area contributed by atoms with Gasteiger partial charge in [-0.1, -0.05) is 12.1 Å². The third-order valence-corrected chi connectivity index (χ3v) is 4.13. The Balaban J connectivity index is 1.81. The molecule has 3 rings (SSSR count). The van der Waals surface area contributed by atoms with Crippen LogP contribution in [0.25, 0.3) is 0 Å². The van der Waals surface area contributed by atoms with Gasteiger partial charge in [0, 0.05) is 24.9 Å². The van der Waals surface area contributed by atoms with Gasteiger partial charge < -0.3 is 14.6 Å². The van der Waals surface area contributed by atoms with E-state index in [9.17, 15) is 4.79 Å². The Morgan fingerprint density at radius 3 is 2.83 bits per heavy atom. The second-order valence-electron chi connectivity index (χ2n) is 5.96. The summed E-state index contributed by atoms with van der Waals surface area (Å²) in [5.41, 5.74) is 2.43. The van der Waals surface area contributed by atoms with E-state index in [1.807, 2.05) is 27.7 Å². The zero-order chi connectivity index (χ0) is 17.3.